The van der Waals surface area contributed by atoms with Gasteiger partial charge in [0.15, 0.2) is 0 Å². The molecule has 2 aliphatic heterocycles. The van der Waals surface area contributed by atoms with Crippen molar-refractivity contribution < 1.29 is 38.9 Å². The quantitative estimate of drug-likeness (QED) is 0.0865. The molecule has 0 bridgehead atoms. The van der Waals surface area contributed by atoms with Crippen LogP contribution in [0.2, 0.25) is 0 Å². The van der Waals surface area contributed by atoms with E-state index in [9.17, 15) is 29.4 Å². The van der Waals surface area contributed by atoms with E-state index in [0.29, 0.717) is 19.6 Å². The minimum atomic E-state index is -1.01. The topological polar surface area (TPSA) is 134 Å². The van der Waals surface area contributed by atoms with E-state index < -0.39 is 35.9 Å². The van der Waals surface area contributed by atoms with Crippen molar-refractivity contribution in [3.8, 4) is 0 Å². The van der Waals surface area contributed by atoms with Crippen molar-refractivity contribution in [2.75, 3.05) is 26.3 Å². The Hall–Kier alpha value is -7.14. The SMILES string of the molecule is C.O=C(O)[C@@H]1C[C@@H](OC/C=C/c2ccccc2)CN1C(=O)C(c1ccccc1)c1ccccc1.O=C(O)[C@@H]1C[C@@H](OCCCc2ccccc2)CN1C(=O)C(c1ccccc1)c1ccccc1. The Labute approximate surface area is 394 Å². The van der Waals surface area contributed by atoms with E-state index in [1.165, 1.54) is 15.4 Å². The van der Waals surface area contributed by atoms with Crippen LogP contribution >= 0.6 is 0 Å². The first-order valence-electron chi connectivity index (χ1n) is 22.5. The van der Waals surface area contributed by atoms with E-state index in [1.54, 1.807) is 0 Å². The molecule has 67 heavy (non-hydrogen) atoms. The zero-order chi connectivity index (χ0) is 46.1. The number of ether oxygens (including phenoxy) is 2. The van der Waals surface area contributed by atoms with Crippen LogP contribution in [0.3, 0.4) is 0 Å². The molecule has 2 N–H and O–H groups in total. The molecule has 2 saturated heterocycles. The standard InChI is InChI=1S/C28H29NO4.C28H27NO4.CH4/c2*30-27(26(22-14-6-2-7-15-22)23-16-8-3-9-17-23)29-20-24(19-25(29)28(31)32)33-18-10-13-21-11-4-1-5-12-21;/h1-9,11-12,14-17,24-26H,10,13,18-20H2,(H,31,32);1-17,24-26H,18-20H2,(H,31,32);1H4/b;13-10+;/t2*24-,25+;/m11./s1. The summed E-state index contributed by atoms with van der Waals surface area (Å²) in [6, 6.07) is 56.4. The Bertz CT molecular complexity index is 2390. The van der Waals surface area contributed by atoms with Crippen molar-refractivity contribution >= 4 is 29.8 Å². The van der Waals surface area contributed by atoms with Gasteiger partial charge in [-0.2, -0.15) is 0 Å². The fourth-order valence-electron chi connectivity index (χ4n) is 8.77. The predicted octanol–water partition coefficient (Wildman–Crippen LogP) is 9.76. The summed E-state index contributed by atoms with van der Waals surface area (Å²) in [4.78, 5) is 54.4. The maximum absolute atomic E-state index is 13.7. The third kappa shape index (κ3) is 13.5. The highest BCUT2D eigenvalue weighted by atomic mass is 16.5. The van der Waals surface area contributed by atoms with Crippen LogP contribution in [-0.2, 0) is 35.1 Å². The molecule has 2 fully saturated rings. The van der Waals surface area contributed by atoms with Crippen LogP contribution < -0.4 is 0 Å². The molecule has 6 aromatic carbocycles. The molecule has 0 aliphatic carbocycles. The largest absolute Gasteiger partial charge is 0.480 e. The molecule has 2 aliphatic rings. The molecule has 4 atom stereocenters. The molecule has 10 nitrogen and oxygen atoms in total. The van der Waals surface area contributed by atoms with Gasteiger partial charge < -0.3 is 29.5 Å². The first-order chi connectivity index (χ1) is 32.3. The smallest absolute Gasteiger partial charge is 0.326 e. The Morgan fingerprint density at radius 3 is 1.27 bits per heavy atom. The van der Waals surface area contributed by atoms with E-state index in [0.717, 1.165) is 40.7 Å². The highest BCUT2D eigenvalue weighted by molar-refractivity contribution is 5.92. The molecule has 0 radical (unpaired) electrons. The van der Waals surface area contributed by atoms with Gasteiger partial charge in [-0.3, -0.25) is 9.59 Å². The van der Waals surface area contributed by atoms with Crippen molar-refractivity contribution in [1.82, 2.24) is 9.80 Å². The summed E-state index contributed by atoms with van der Waals surface area (Å²) >= 11 is 0. The number of amides is 2. The molecular weight excluding hydrogens is 841 g/mol. The first-order valence-corrected chi connectivity index (χ1v) is 22.5. The summed E-state index contributed by atoms with van der Waals surface area (Å²) in [7, 11) is 0. The number of likely N-dealkylation sites (tertiary alicyclic amines) is 2. The lowest BCUT2D eigenvalue weighted by atomic mass is 9.90. The lowest BCUT2D eigenvalue weighted by molar-refractivity contribution is -0.148. The van der Waals surface area contributed by atoms with Crippen LogP contribution in [0.15, 0.2) is 188 Å². The monoisotopic (exact) mass is 900 g/mol. The van der Waals surface area contributed by atoms with Crippen molar-refractivity contribution in [2.24, 2.45) is 0 Å². The molecular formula is C57H60N2O8. The van der Waals surface area contributed by atoms with E-state index >= 15 is 0 Å². The average molecular weight is 901 g/mol. The Kier molecular flexibility index (Phi) is 18.4. The predicted molar refractivity (Wildman–Crippen MR) is 261 cm³/mol. The summed E-state index contributed by atoms with van der Waals surface area (Å²) < 4.78 is 12.0. The molecule has 0 aromatic heterocycles. The molecule has 0 unspecified atom stereocenters. The van der Waals surface area contributed by atoms with Crippen molar-refractivity contribution in [3.05, 3.63) is 221 Å². The second-order valence-electron chi connectivity index (χ2n) is 16.5. The number of hydrogen-bond acceptors (Lipinski definition) is 6. The van der Waals surface area contributed by atoms with Gasteiger partial charge in [0.2, 0.25) is 11.8 Å². The van der Waals surface area contributed by atoms with Gasteiger partial charge in [0.25, 0.3) is 0 Å². The van der Waals surface area contributed by atoms with Crippen LogP contribution in [0, 0.1) is 0 Å². The number of hydrogen-bond donors (Lipinski definition) is 2. The Morgan fingerprint density at radius 1 is 0.522 bits per heavy atom. The summed E-state index contributed by atoms with van der Waals surface area (Å²) in [5.74, 6) is -3.52. The van der Waals surface area contributed by atoms with Crippen LogP contribution in [0.5, 0.6) is 0 Å². The molecule has 2 heterocycles. The average Bonchev–Trinajstić information content (AvgIpc) is 4.00. The van der Waals surface area contributed by atoms with E-state index in [2.05, 4.69) is 12.1 Å². The normalized spacial score (nSPS) is 17.8. The summed E-state index contributed by atoms with van der Waals surface area (Å²) in [6.45, 7) is 1.44. The van der Waals surface area contributed by atoms with Crippen LogP contribution in [-0.4, -0.2) is 94.4 Å². The second-order valence-corrected chi connectivity index (χ2v) is 16.5. The number of aliphatic carboxylic acids is 2. The zero-order valence-electron chi connectivity index (χ0n) is 36.8. The Morgan fingerprint density at radius 2 is 0.881 bits per heavy atom. The maximum atomic E-state index is 13.7. The zero-order valence-corrected chi connectivity index (χ0v) is 36.8. The van der Waals surface area contributed by atoms with Gasteiger partial charge in [0.05, 0.1) is 30.7 Å². The highest BCUT2D eigenvalue weighted by Gasteiger charge is 2.44. The summed E-state index contributed by atoms with van der Waals surface area (Å²) in [5.41, 5.74) is 5.71. The molecule has 8 rings (SSSR count). The van der Waals surface area contributed by atoms with Crippen molar-refractivity contribution in [3.63, 3.8) is 0 Å². The van der Waals surface area contributed by atoms with Crippen LogP contribution in [0.1, 0.15) is 71.9 Å². The lowest BCUT2D eigenvalue weighted by Crippen LogP contribution is -2.43. The summed E-state index contributed by atoms with van der Waals surface area (Å²) in [6.07, 6.45) is 5.60. The first kappa shape index (κ1) is 49.3. The molecule has 6 aromatic rings. The van der Waals surface area contributed by atoms with Gasteiger partial charge in [-0.1, -0.05) is 202 Å². The minimum Gasteiger partial charge on any atom is -0.480 e. The van der Waals surface area contributed by atoms with Gasteiger partial charge in [0.1, 0.15) is 12.1 Å². The molecule has 0 spiro atoms. The van der Waals surface area contributed by atoms with Gasteiger partial charge in [0, 0.05) is 32.5 Å². The van der Waals surface area contributed by atoms with Crippen molar-refractivity contribution in [1.29, 1.82) is 0 Å². The third-order valence-corrected chi connectivity index (χ3v) is 12.0. The van der Waals surface area contributed by atoms with Crippen LogP contribution in [0.4, 0.5) is 0 Å². The fraction of sp³-hybridized carbons (Fsp3) is 0.263. The number of carboxylic acids is 2. The fourth-order valence-corrected chi connectivity index (χ4v) is 8.77. The maximum Gasteiger partial charge on any atom is 0.326 e. The lowest BCUT2D eigenvalue weighted by Gasteiger charge is -2.27. The van der Waals surface area contributed by atoms with Crippen LogP contribution in [0.25, 0.3) is 6.08 Å². The minimum absolute atomic E-state index is 0. The van der Waals surface area contributed by atoms with Crippen molar-refractivity contribution in [2.45, 2.75) is 69.2 Å². The van der Waals surface area contributed by atoms with E-state index in [-0.39, 0.29) is 51.0 Å². The molecule has 2 amide bonds. The van der Waals surface area contributed by atoms with Gasteiger partial charge in [-0.15, -0.1) is 0 Å². The van der Waals surface area contributed by atoms with Gasteiger partial charge >= 0.3 is 11.9 Å². The number of benzene rings is 6. The number of rotatable bonds is 17. The van der Waals surface area contributed by atoms with E-state index in [4.69, 9.17) is 9.47 Å². The molecule has 346 valence electrons. The second kappa shape index (κ2) is 25.0. The number of carbonyl (C=O) groups excluding carboxylic acids is 2. The molecule has 10 heteroatoms. The van der Waals surface area contributed by atoms with Gasteiger partial charge in [-0.25, -0.2) is 9.59 Å². The Balaban J connectivity index is 0.000000218. The number of nitrogens with zero attached hydrogens (tertiary/aromatic N) is 2. The summed E-state index contributed by atoms with van der Waals surface area (Å²) in [5, 5.41) is 19.7. The van der Waals surface area contributed by atoms with Gasteiger partial charge in [-0.05, 0) is 46.2 Å². The number of carbonyl (C=O) groups is 4. The van der Waals surface area contributed by atoms with E-state index in [1.807, 2.05) is 182 Å². The number of aryl methyl sites for hydroxylation is 1. The molecule has 0 saturated carbocycles. The number of carboxylic acid groups (broad SMARTS) is 2. The third-order valence-electron chi connectivity index (χ3n) is 12.0. The highest BCUT2D eigenvalue weighted by Crippen LogP contribution is 2.33.